The van der Waals surface area contributed by atoms with E-state index in [2.05, 4.69) is 10.9 Å². The molecular weight excluding hydrogens is 268 g/mol. The Morgan fingerprint density at radius 1 is 1.14 bits per heavy atom. The van der Waals surface area contributed by atoms with Crippen LogP contribution in [0.15, 0.2) is 48.5 Å². The van der Waals surface area contributed by atoms with E-state index in [1.165, 1.54) is 0 Å². The number of carbonyl (C=O) groups is 1. The standard InChI is InChI=1S/C16H18N2O3/c1-21-15-4-2-3-13(9-15)10-16(20)18-17-11-12-5-7-14(19)8-6-12/h2-9,17,19H,10-11H2,1H3,(H,18,20). The van der Waals surface area contributed by atoms with Gasteiger partial charge in [0.1, 0.15) is 11.5 Å². The molecule has 0 aromatic heterocycles. The van der Waals surface area contributed by atoms with Crippen LogP contribution in [-0.4, -0.2) is 18.1 Å². The number of nitrogens with one attached hydrogen (secondary N) is 2. The van der Waals surface area contributed by atoms with Crippen molar-refractivity contribution < 1.29 is 14.6 Å². The van der Waals surface area contributed by atoms with Gasteiger partial charge in [-0.1, -0.05) is 24.3 Å². The predicted molar refractivity (Wildman–Crippen MR) is 79.8 cm³/mol. The summed E-state index contributed by atoms with van der Waals surface area (Å²) in [6.45, 7) is 0.490. The van der Waals surface area contributed by atoms with Crippen molar-refractivity contribution >= 4 is 5.91 Å². The Balaban J connectivity index is 1.78. The van der Waals surface area contributed by atoms with Crippen molar-refractivity contribution in [2.75, 3.05) is 7.11 Å². The van der Waals surface area contributed by atoms with Gasteiger partial charge in [0, 0.05) is 6.54 Å². The van der Waals surface area contributed by atoms with Crippen LogP contribution < -0.4 is 15.6 Å². The number of phenols is 1. The van der Waals surface area contributed by atoms with E-state index in [9.17, 15) is 9.90 Å². The van der Waals surface area contributed by atoms with Gasteiger partial charge in [-0.3, -0.25) is 10.2 Å². The molecule has 0 saturated heterocycles. The smallest absolute Gasteiger partial charge is 0.238 e. The summed E-state index contributed by atoms with van der Waals surface area (Å²) in [5, 5.41) is 9.18. The van der Waals surface area contributed by atoms with Crippen molar-refractivity contribution in [3.63, 3.8) is 0 Å². The highest BCUT2D eigenvalue weighted by molar-refractivity contribution is 5.78. The number of rotatable bonds is 6. The van der Waals surface area contributed by atoms with E-state index in [4.69, 9.17) is 4.74 Å². The molecule has 2 rings (SSSR count). The summed E-state index contributed by atoms with van der Waals surface area (Å²) < 4.78 is 5.12. The average Bonchev–Trinajstić information content (AvgIpc) is 2.49. The van der Waals surface area contributed by atoms with Gasteiger partial charge in [0.2, 0.25) is 5.91 Å². The van der Waals surface area contributed by atoms with E-state index in [0.717, 1.165) is 16.9 Å². The first-order chi connectivity index (χ1) is 10.2. The van der Waals surface area contributed by atoms with Crippen LogP contribution in [-0.2, 0) is 17.8 Å². The van der Waals surface area contributed by atoms with Crippen LogP contribution in [0.25, 0.3) is 0 Å². The number of phenolic OH excluding ortho intramolecular Hbond substituents is 1. The third kappa shape index (κ3) is 4.81. The molecule has 0 bridgehead atoms. The number of carbonyl (C=O) groups excluding carboxylic acids is 1. The van der Waals surface area contributed by atoms with Crippen LogP contribution in [0.2, 0.25) is 0 Å². The molecular formula is C16H18N2O3. The number of methoxy groups -OCH3 is 1. The molecule has 110 valence electrons. The highest BCUT2D eigenvalue weighted by Gasteiger charge is 2.04. The molecule has 0 aliphatic carbocycles. The van der Waals surface area contributed by atoms with Crippen LogP contribution in [0.1, 0.15) is 11.1 Å². The van der Waals surface area contributed by atoms with Crippen LogP contribution in [0.3, 0.4) is 0 Å². The number of hydrazine groups is 1. The maximum atomic E-state index is 11.8. The number of ether oxygens (including phenoxy) is 1. The van der Waals surface area contributed by atoms with Gasteiger partial charge in [0.15, 0.2) is 0 Å². The minimum absolute atomic E-state index is 0.123. The molecule has 5 heteroatoms. The zero-order valence-electron chi connectivity index (χ0n) is 11.8. The van der Waals surface area contributed by atoms with Crippen LogP contribution in [0.5, 0.6) is 11.5 Å². The van der Waals surface area contributed by atoms with Crippen molar-refractivity contribution in [3.8, 4) is 11.5 Å². The molecule has 0 spiro atoms. The van der Waals surface area contributed by atoms with Crippen molar-refractivity contribution in [1.29, 1.82) is 0 Å². The number of hydrogen-bond donors (Lipinski definition) is 3. The van der Waals surface area contributed by atoms with E-state index in [0.29, 0.717) is 6.54 Å². The number of benzene rings is 2. The SMILES string of the molecule is COc1cccc(CC(=O)NNCc2ccc(O)cc2)c1. The zero-order valence-corrected chi connectivity index (χ0v) is 11.8. The molecule has 0 radical (unpaired) electrons. The number of hydrogen-bond acceptors (Lipinski definition) is 4. The normalized spacial score (nSPS) is 10.1. The fourth-order valence-corrected chi connectivity index (χ4v) is 1.87. The second kappa shape index (κ2) is 7.31. The molecule has 2 aromatic carbocycles. The predicted octanol–water partition coefficient (Wildman–Crippen LogP) is 1.76. The third-order valence-corrected chi connectivity index (χ3v) is 2.96. The Morgan fingerprint density at radius 2 is 1.90 bits per heavy atom. The number of amides is 1. The fraction of sp³-hybridized carbons (Fsp3) is 0.188. The summed E-state index contributed by atoms with van der Waals surface area (Å²) in [5.74, 6) is 0.834. The third-order valence-electron chi connectivity index (χ3n) is 2.96. The van der Waals surface area contributed by atoms with Crippen LogP contribution in [0, 0.1) is 0 Å². The van der Waals surface area contributed by atoms with E-state index in [1.54, 1.807) is 31.4 Å². The highest BCUT2D eigenvalue weighted by atomic mass is 16.5. The lowest BCUT2D eigenvalue weighted by molar-refractivity contribution is -0.121. The summed E-state index contributed by atoms with van der Waals surface area (Å²) in [7, 11) is 1.60. The number of aromatic hydroxyl groups is 1. The summed E-state index contributed by atoms with van der Waals surface area (Å²) in [4.78, 5) is 11.8. The molecule has 0 fully saturated rings. The molecule has 0 aliphatic rings. The Kier molecular flexibility index (Phi) is 5.17. The molecule has 3 N–H and O–H groups in total. The van der Waals surface area contributed by atoms with Gasteiger partial charge < -0.3 is 9.84 Å². The summed E-state index contributed by atoms with van der Waals surface area (Å²) in [6, 6.07) is 14.2. The lowest BCUT2D eigenvalue weighted by atomic mass is 10.1. The first-order valence-corrected chi connectivity index (χ1v) is 6.60. The molecule has 5 nitrogen and oxygen atoms in total. The molecule has 2 aromatic rings. The van der Waals surface area contributed by atoms with Gasteiger partial charge in [-0.25, -0.2) is 5.43 Å². The van der Waals surface area contributed by atoms with Gasteiger partial charge >= 0.3 is 0 Å². The molecule has 21 heavy (non-hydrogen) atoms. The van der Waals surface area contributed by atoms with Crippen molar-refractivity contribution in [2.24, 2.45) is 0 Å². The summed E-state index contributed by atoms with van der Waals surface area (Å²) >= 11 is 0. The van der Waals surface area contributed by atoms with Crippen LogP contribution >= 0.6 is 0 Å². The monoisotopic (exact) mass is 286 g/mol. The largest absolute Gasteiger partial charge is 0.508 e. The van der Waals surface area contributed by atoms with Crippen molar-refractivity contribution in [1.82, 2.24) is 10.9 Å². The van der Waals surface area contributed by atoms with E-state index >= 15 is 0 Å². The highest BCUT2D eigenvalue weighted by Crippen LogP contribution is 2.12. The minimum Gasteiger partial charge on any atom is -0.508 e. The minimum atomic E-state index is -0.123. The first kappa shape index (κ1) is 14.9. The van der Waals surface area contributed by atoms with Gasteiger partial charge in [-0.2, -0.15) is 0 Å². The second-order valence-electron chi connectivity index (χ2n) is 4.60. The van der Waals surface area contributed by atoms with Crippen molar-refractivity contribution in [2.45, 2.75) is 13.0 Å². The Hall–Kier alpha value is -2.53. The van der Waals surface area contributed by atoms with Gasteiger partial charge in [-0.15, -0.1) is 0 Å². The van der Waals surface area contributed by atoms with E-state index in [1.807, 2.05) is 24.3 Å². The molecule has 1 amide bonds. The Bertz CT molecular complexity index is 597. The maximum Gasteiger partial charge on any atom is 0.238 e. The van der Waals surface area contributed by atoms with E-state index < -0.39 is 0 Å². The molecule has 0 saturated carbocycles. The second-order valence-corrected chi connectivity index (χ2v) is 4.60. The molecule has 0 aliphatic heterocycles. The maximum absolute atomic E-state index is 11.8. The van der Waals surface area contributed by atoms with Crippen LogP contribution in [0.4, 0.5) is 0 Å². The Labute approximate surface area is 123 Å². The van der Waals surface area contributed by atoms with Crippen molar-refractivity contribution in [3.05, 3.63) is 59.7 Å². The summed E-state index contributed by atoms with van der Waals surface area (Å²) in [5.41, 5.74) is 7.35. The van der Waals surface area contributed by atoms with Gasteiger partial charge in [0.25, 0.3) is 0 Å². The fourth-order valence-electron chi connectivity index (χ4n) is 1.87. The Morgan fingerprint density at radius 3 is 2.62 bits per heavy atom. The van der Waals surface area contributed by atoms with Gasteiger partial charge in [0.05, 0.1) is 13.5 Å². The quantitative estimate of drug-likeness (QED) is 0.708. The average molecular weight is 286 g/mol. The van der Waals surface area contributed by atoms with Gasteiger partial charge in [-0.05, 0) is 35.4 Å². The molecule has 0 unspecified atom stereocenters. The van der Waals surface area contributed by atoms with E-state index in [-0.39, 0.29) is 18.1 Å². The lowest BCUT2D eigenvalue weighted by Crippen LogP contribution is -2.37. The first-order valence-electron chi connectivity index (χ1n) is 6.60. The molecule has 0 heterocycles. The molecule has 0 atom stereocenters. The lowest BCUT2D eigenvalue weighted by Gasteiger charge is -2.08. The topological polar surface area (TPSA) is 70.6 Å². The zero-order chi connectivity index (χ0) is 15.1. The summed E-state index contributed by atoms with van der Waals surface area (Å²) in [6.07, 6.45) is 0.278.